The van der Waals surface area contributed by atoms with E-state index in [-0.39, 0.29) is 0 Å². The van der Waals surface area contributed by atoms with E-state index in [0.29, 0.717) is 22.4 Å². The summed E-state index contributed by atoms with van der Waals surface area (Å²) in [4.78, 5) is 12.4. The third-order valence-corrected chi connectivity index (χ3v) is 7.95. The molecule has 2 aromatic heterocycles. The summed E-state index contributed by atoms with van der Waals surface area (Å²) in [5.74, 6) is 1.09. The molecule has 0 amide bonds. The molecule has 1 N–H and O–H groups in total. The maximum absolute atomic E-state index is 11.2. The molecule has 0 atom stereocenters. The van der Waals surface area contributed by atoms with Gasteiger partial charge in [-0.3, -0.25) is 0 Å². The van der Waals surface area contributed by atoms with Crippen molar-refractivity contribution in [2.45, 2.75) is 32.3 Å². The van der Waals surface area contributed by atoms with Gasteiger partial charge in [0.15, 0.2) is 0 Å². The number of carboxylic acids is 1. The van der Waals surface area contributed by atoms with Crippen LogP contribution in [0.25, 0.3) is 21.7 Å². The Kier molecular flexibility index (Phi) is 6.20. The number of aryl methyl sites for hydroxylation is 1. The Morgan fingerprint density at radius 3 is 2.76 bits per heavy atom. The average molecular weight is 592 g/mol. The first-order chi connectivity index (χ1) is 15.9. The summed E-state index contributed by atoms with van der Waals surface area (Å²) in [5, 5.41) is 14.2. The number of thiophene rings is 1. The summed E-state index contributed by atoms with van der Waals surface area (Å²) in [6, 6.07) is 15.1. The molecule has 33 heavy (non-hydrogen) atoms. The van der Waals surface area contributed by atoms with Crippen molar-refractivity contribution in [1.82, 2.24) is 5.16 Å². The van der Waals surface area contributed by atoms with E-state index in [2.05, 4.69) is 27.7 Å². The zero-order valence-corrected chi connectivity index (χ0v) is 21.3. The van der Waals surface area contributed by atoms with Gasteiger partial charge in [-0.05, 0) is 95.9 Å². The molecule has 0 saturated heterocycles. The molecular formula is C25H19ClINO4S. The summed E-state index contributed by atoms with van der Waals surface area (Å²) in [6.45, 7) is 2.32. The van der Waals surface area contributed by atoms with E-state index >= 15 is 0 Å². The molecule has 5 nitrogen and oxygen atoms in total. The maximum atomic E-state index is 11.2. The second-order valence-corrected chi connectivity index (χ2v) is 10.6. The van der Waals surface area contributed by atoms with Crippen molar-refractivity contribution in [3.8, 4) is 27.4 Å². The quantitative estimate of drug-likeness (QED) is 0.222. The fourth-order valence-corrected chi connectivity index (χ4v) is 5.92. The van der Waals surface area contributed by atoms with E-state index in [1.807, 2.05) is 49.4 Å². The highest BCUT2D eigenvalue weighted by atomic mass is 127. The van der Waals surface area contributed by atoms with Crippen LogP contribution < -0.4 is 4.74 Å². The molecular weight excluding hydrogens is 573 g/mol. The Morgan fingerprint density at radius 2 is 2.09 bits per heavy atom. The predicted molar refractivity (Wildman–Crippen MR) is 137 cm³/mol. The number of nitrogens with zero attached hydrogens (tertiary/aromatic N) is 1. The van der Waals surface area contributed by atoms with Crippen molar-refractivity contribution in [3.63, 3.8) is 0 Å². The van der Waals surface area contributed by atoms with E-state index in [1.165, 1.54) is 11.3 Å². The van der Waals surface area contributed by atoms with Crippen LogP contribution >= 0.6 is 45.5 Å². The van der Waals surface area contributed by atoms with Crippen molar-refractivity contribution in [1.29, 1.82) is 0 Å². The van der Waals surface area contributed by atoms with E-state index < -0.39 is 5.97 Å². The Morgan fingerprint density at radius 1 is 1.27 bits per heavy atom. The molecule has 1 aliphatic rings. The van der Waals surface area contributed by atoms with Gasteiger partial charge in [0, 0.05) is 19.9 Å². The summed E-state index contributed by atoms with van der Waals surface area (Å²) in [7, 11) is 0. The molecule has 2 heterocycles. The molecule has 1 fully saturated rings. The molecule has 1 aliphatic carbocycles. The van der Waals surface area contributed by atoms with E-state index in [1.54, 1.807) is 6.07 Å². The van der Waals surface area contributed by atoms with Crippen LogP contribution in [0.5, 0.6) is 5.75 Å². The zero-order chi connectivity index (χ0) is 23.1. The minimum absolute atomic E-state index is 0.325. The smallest absolute Gasteiger partial charge is 0.345 e. The molecule has 4 aromatic rings. The third-order valence-electron chi connectivity index (χ3n) is 5.63. The second kappa shape index (κ2) is 9.12. The van der Waals surface area contributed by atoms with Crippen LogP contribution in [0, 0.1) is 10.5 Å². The van der Waals surface area contributed by atoms with Crippen molar-refractivity contribution in [3.05, 3.63) is 78.9 Å². The minimum atomic E-state index is -0.909. The molecule has 168 valence electrons. The summed E-state index contributed by atoms with van der Waals surface area (Å²) in [5.41, 5.74) is 4.55. The third kappa shape index (κ3) is 4.54. The molecule has 0 bridgehead atoms. The molecule has 0 radical (unpaired) electrons. The number of aromatic nitrogens is 1. The van der Waals surface area contributed by atoms with Gasteiger partial charge in [0.05, 0.1) is 10.6 Å². The highest BCUT2D eigenvalue weighted by Gasteiger charge is 2.33. The van der Waals surface area contributed by atoms with Gasteiger partial charge < -0.3 is 14.4 Å². The topological polar surface area (TPSA) is 72.6 Å². The van der Waals surface area contributed by atoms with Crippen LogP contribution in [0.2, 0.25) is 5.02 Å². The number of carboxylic acid groups (broad SMARTS) is 1. The van der Waals surface area contributed by atoms with E-state index in [9.17, 15) is 9.90 Å². The summed E-state index contributed by atoms with van der Waals surface area (Å²) >= 11 is 10.0. The molecule has 0 aliphatic heterocycles. The Hall–Kier alpha value is -2.36. The van der Waals surface area contributed by atoms with Crippen molar-refractivity contribution in [2.24, 2.45) is 0 Å². The fraction of sp³-hybridized carbons (Fsp3) is 0.200. The van der Waals surface area contributed by atoms with Gasteiger partial charge in [0.1, 0.15) is 28.7 Å². The van der Waals surface area contributed by atoms with Gasteiger partial charge in [0.25, 0.3) is 0 Å². The average Bonchev–Trinajstić information content (AvgIpc) is 3.35. The van der Waals surface area contributed by atoms with Gasteiger partial charge in [-0.1, -0.05) is 22.8 Å². The van der Waals surface area contributed by atoms with Crippen LogP contribution in [-0.2, 0) is 6.61 Å². The van der Waals surface area contributed by atoms with Gasteiger partial charge in [-0.25, -0.2) is 4.79 Å². The number of halogens is 2. The van der Waals surface area contributed by atoms with Crippen molar-refractivity contribution in [2.75, 3.05) is 0 Å². The van der Waals surface area contributed by atoms with Gasteiger partial charge in [-0.2, -0.15) is 0 Å². The first-order valence-electron chi connectivity index (χ1n) is 10.4. The monoisotopic (exact) mass is 591 g/mol. The Labute approximate surface area is 213 Å². The Bertz CT molecular complexity index is 1340. The van der Waals surface area contributed by atoms with Gasteiger partial charge in [0.2, 0.25) is 0 Å². The summed E-state index contributed by atoms with van der Waals surface area (Å²) in [6.07, 6.45) is 2.18. The SMILES string of the molecule is Cc1cc(OCc2c(-c3c(Cl)cccc3I)noc2C2CC2)ccc1-c1ccc(C(=O)O)s1. The fourth-order valence-electron chi connectivity index (χ4n) is 3.80. The maximum Gasteiger partial charge on any atom is 0.345 e. The van der Waals surface area contributed by atoms with Crippen LogP contribution in [0.4, 0.5) is 0 Å². The molecule has 8 heteroatoms. The number of aromatic carboxylic acids is 1. The zero-order valence-electron chi connectivity index (χ0n) is 17.6. The minimum Gasteiger partial charge on any atom is -0.489 e. The first-order valence-corrected chi connectivity index (χ1v) is 12.7. The lowest BCUT2D eigenvalue weighted by atomic mass is 10.0. The Balaban J connectivity index is 1.42. The number of rotatable bonds is 7. The summed E-state index contributed by atoms with van der Waals surface area (Å²) < 4.78 is 13.0. The normalized spacial score (nSPS) is 13.3. The number of hydrogen-bond donors (Lipinski definition) is 1. The lowest BCUT2D eigenvalue weighted by Crippen LogP contribution is -2.00. The molecule has 5 rings (SSSR count). The lowest BCUT2D eigenvalue weighted by molar-refractivity contribution is 0.0702. The van der Waals surface area contributed by atoms with E-state index in [4.69, 9.17) is 20.9 Å². The standard InChI is InChI=1S/C25H19ClINO4S/c1-13-11-15(7-8-16(13)20-9-10-21(33-20)25(29)30)31-12-17-23(28-32-24(17)14-5-6-14)22-18(26)3-2-4-19(22)27/h2-4,7-11,14H,5-6,12H2,1H3,(H,29,30). The van der Waals surface area contributed by atoms with Crippen LogP contribution in [0.1, 0.15) is 45.3 Å². The highest BCUT2D eigenvalue weighted by molar-refractivity contribution is 14.1. The van der Waals surface area contributed by atoms with E-state index in [0.717, 1.165) is 60.7 Å². The van der Waals surface area contributed by atoms with Crippen LogP contribution in [0.3, 0.4) is 0 Å². The largest absolute Gasteiger partial charge is 0.489 e. The molecule has 2 aromatic carbocycles. The number of benzene rings is 2. The predicted octanol–water partition coefficient (Wildman–Crippen LogP) is 7.79. The van der Waals surface area contributed by atoms with Gasteiger partial charge >= 0.3 is 5.97 Å². The number of hydrogen-bond acceptors (Lipinski definition) is 5. The number of ether oxygens (including phenoxy) is 1. The van der Waals surface area contributed by atoms with Crippen LogP contribution in [-0.4, -0.2) is 16.2 Å². The molecule has 1 saturated carbocycles. The second-order valence-electron chi connectivity index (χ2n) is 7.98. The molecule has 0 spiro atoms. The highest BCUT2D eigenvalue weighted by Crippen LogP contribution is 2.45. The number of carbonyl (C=O) groups is 1. The first kappa shape index (κ1) is 22.4. The van der Waals surface area contributed by atoms with Crippen LogP contribution in [0.15, 0.2) is 53.1 Å². The molecule has 0 unspecified atom stereocenters. The van der Waals surface area contributed by atoms with Crippen molar-refractivity contribution >= 4 is 51.5 Å². The van der Waals surface area contributed by atoms with Crippen molar-refractivity contribution < 1.29 is 19.2 Å². The lowest BCUT2D eigenvalue weighted by Gasteiger charge is -2.11. The van der Waals surface area contributed by atoms with Gasteiger partial charge in [-0.15, -0.1) is 11.3 Å².